The Balaban J connectivity index is 1.68. The number of rotatable bonds is 5. The van der Waals surface area contributed by atoms with Crippen LogP contribution in [0, 0.1) is 4.91 Å². The molecule has 5 aromatic rings. The minimum Gasteiger partial charge on any atom is -0.508 e. The number of nitrogens with one attached hydrogen (secondary N) is 1. The first-order valence-corrected chi connectivity index (χ1v) is 10.2. The Morgan fingerprint density at radius 1 is 0.667 bits per heavy atom. The van der Waals surface area contributed by atoms with Crippen molar-refractivity contribution < 1.29 is 10.2 Å². The highest BCUT2D eigenvalue weighted by Gasteiger charge is 2.15. The number of anilines is 2. The number of nitrogens with zero attached hydrogens (tertiary/aromatic N) is 3. The van der Waals surface area contributed by atoms with Gasteiger partial charge in [0.25, 0.3) is 0 Å². The molecule has 0 aliphatic carbocycles. The molecule has 0 saturated heterocycles. The summed E-state index contributed by atoms with van der Waals surface area (Å²) in [5, 5.41) is 25.7. The maximum absolute atomic E-state index is 10.7. The Hall–Kier alpha value is -4.78. The lowest BCUT2D eigenvalue weighted by Gasteiger charge is -2.14. The zero-order valence-corrected chi connectivity index (χ0v) is 17.3. The van der Waals surface area contributed by atoms with Gasteiger partial charge in [0.05, 0.1) is 22.6 Å². The highest BCUT2D eigenvalue weighted by atomic mass is 16.3. The van der Waals surface area contributed by atoms with Gasteiger partial charge in [-0.15, -0.1) is 4.91 Å². The number of phenolic OH excluding ortho intramolecular Hbond substituents is 2. The lowest BCUT2D eigenvalue weighted by molar-refractivity contribution is 0.475. The Kier molecular flexibility index (Phi) is 5.12. The summed E-state index contributed by atoms with van der Waals surface area (Å²) in [6, 6.07) is 26.1. The maximum Gasteiger partial charge on any atom is 0.115 e. The van der Waals surface area contributed by atoms with E-state index in [9.17, 15) is 15.1 Å². The summed E-state index contributed by atoms with van der Waals surface area (Å²) in [4.78, 5) is 20.6. The van der Waals surface area contributed by atoms with E-state index < -0.39 is 0 Å². The predicted molar refractivity (Wildman–Crippen MR) is 129 cm³/mol. The van der Waals surface area contributed by atoms with Crippen LogP contribution in [0.3, 0.4) is 0 Å². The highest BCUT2D eigenvalue weighted by molar-refractivity contribution is 5.94. The summed E-state index contributed by atoms with van der Waals surface area (Å²) in [5.41, 5.74) is 6.15. The second kappa shape index (κ2) is 8.39. The zero-order valence-electron chi connectivity index (χ0n) is 17.3. The molecule has 0 spiro atoms. The molecule has 0 radical (unpaired) electrons. The molecule has 160 valence electrons. The molecule has 0 aliphatic rings. The van der Waals surface area contributed by atoms with Gasteiger partial charge in [0.1, 0.15) is 22.7 Å². The Labute approximate surface area is 189 Å². The summed E-state index contributed by atoms with van der Waals surface area (Å²) in [7, 11) is 0. The first-order chi connectivity index (χ1) is 16.1. The highest BCUT2D eigenvalue weighted by Crippen LogP contribution is 2.35. The number of hydrogen-bond donors (Lipinski definition) is 3. The Morgan fingerprint density at radius 3 is 1.82 bits per heavy atom. The van der Waals surface area contributed by atoms with Crippen molar-refractivity contribution in [2.45, 2.75) is 0 Å². The van der Waals surface area contributed by atoms with Crippen LogP contribution in [0.1, 0.15) is 0 Å². The molecule has 0 aliphatic heterocycles. The Morgan fingerprint density at radius 2 is 1.24 bits per heavy atom. The van der Waals surface area contributed by atoms with Crippen molar-refractivity contribution >= 4 is 28.1 Å². The maximum atomic E-state index is 10.7. The molecule has 7 heteroatoms. The molecule has 4 aromatic carbocycles. The fraction of sp³-hybridized carbons (Fsp3) is 0. The quantitative estimate of drug-likeness (QED) is 0.272. The van der Waals surface area contributed by atoms with E-state index in [-0.39, 0.29) is 11.5 Å². The number of hydrogen-bond acceptors (Lipinski definition) is 7. The molecule has 0 fully saturated rings. The van der Waals surface area contributed by atoms with Crippen LogP contribution in [-0.4, -0.2) is 20.2 Å². The van der Waals surface area contributed by atoms with E-state index in [1.807, 2.05) is 18.2 Å². The van der Waals surface area contributed by atoms with Gasteiger partial charge in [-0.3, -0.25) is 0 Å². The number of aromatic nitrogens is 2. The third kappa shape index (κ3) is 4.07. The van der Waals surface area contributed by atoms with Gasteiger partial charge in [-0.2, -0.15) is 0 Å². The van der Waals surface area contributed by atoms with Crippen molar-refractivity contribution in [1.29, 1.82) is 0 Å². The molecule has 33 heavy (non-hydrogen) atoms. The van der Waals surface area contributed by atoms with Crippen LogP contribution in [0.25, 0.3) is 33.5 Å². The zero-order chi connectivity index (χ0) is 22.8. The van der Waals surface area contributed by atoms with Gasteiger partial charge in [-0.25, -0.2) is 9.97 Å². The van der Waals surface area contributed by atoms with Crippen molar-refractivity contribution in [1.82, 2.24) is 9.97 Å². The largest absolute Gasteiger partial charge is 0.508 e. The van der Waals surface area contributed by atoms with Crippen LogP contribution >= 0.6 is 0 Å². The summed E-state index contributed by atoms with van der Waals surface area (Å²) >= 11 is 0. The average molecular weight is 434 g/mol. The van der Waals surface area contributed by atoms with Gasteiger partial charge in [0.15, 0.2) is 0 Å². The summed E-state index contributed by atoms with van der Waals surface area (Å²) < 4.78 is 0. The molecule has 0 atom stereocenters. The number of aromatic hydroxyl groups is 2. The number of fused-ring (bicyclic) bond motifs is 1. The van der Waals surface area contributed by atoms with E-state index >= 15 is 0 Å². The molecule has 3 N–H and O–H groups in total. The summed E-state index contributed by atoms with van der Waals surface area (Å²) in [5.74, 6) is 0.329. The Bertz CT molecular complexity index is 1450. The number of benzene rings is 4. The van der Waals surface area contributed by atoms with Gasteiger partial charge >= 0.3 is 0 Å². The van der Waals surface area contributed by atoms with E-state index in [1.54, 1.807) is 72.8 Å². The van der Waals surface area contributed by atoms with Crippen molar-refractivity contribution in [2.24, 2.45) is 5.18 Å². The molecule has 7 nitrogen and oxygen atoms in total. The van der Waals surface area contributed by atoms with Crippen LogP contribution in [0.5, 0.6) is 11.5 Å². The van der Waals surface area contributed by atoms with Crippen LogP contribution in [-0.2, 0) is 0 Å². The fourth-order valence-corrected chi connectivity index (χ4v) is 3.58. The average Bonchev–Trinajstić information content (AvgIpc) is 2.85. The first-order valence-electron chi connectivity index (χ1n) is 10.2. The molecule has 0 saturated carbocycles. The van der Waals surface area contributed by atoms with E-state index in [0.29, 0.717) is 28.1 Å². The number of para-hydroxylation sites is 1. The van der Waals surface area contributed by atoms with Gasteiger partial charge < -0.3 is 15.5 Å². The summed E-state index contributed by atoms with van der Waals surface area (Å²) in [6.07, 6.45) is 0. The predicted octanol–water partition coefficient (Wildman–Crippen LogP) is 6.52. The fourth-order valence-electron chi connectivity index (χ4n) is 3.58. The lowest BCUT2D eigenvalue weighted by atomic mass is 10.0. The molecule has 5 rings (SSSR count). The van der Waals surface area contributed by atoms with Gasteiger partial charge in [-0.05, 0) is 90.1 Å². The smallest absolute Gasteiger partial charge is 0.115 e. The lowest BCUT2D eigenvalue weighted by Crippen LogP contribution is -1.99. The van der Waals surface area contributed by atoms with Crippen molar-refractivity contribution in [3.63, 3.8) is 0 Å². The van der Waals surface area contributed by atoms with Gasteiger partial charge in [-0.1, -0.05) is 6.07 Å². The van der Waals surface area contributed by atoms with Crippen LogP contribution in [0.2, 0.25) is 0 Å². The van der Waals surface area contributed by atoms with Gasteiger partial charge in [0, 0.05) is 16.8 Å². The topological polar surface area (TPSA) is 108 Å². The normalized spacial score (nSPS) is 10.8. The van der Waals surface area contributed by atoms with E-state index in [0.717, 1.165) is 22.5 Å². The van der Waals surface area contributed by atoms with E-state index in [2.05, 4.69) is 10.5 Å². The SMILES string of the molecule is O=Nc1ccc(Nc2cccc3nc(-c4ccc(O)cc4)c(-c4ccc(O)cc4)nc23)cc1. The third-order valence-electron chi connectivity index (χ3n) is 5.23. The standard InChI is InChI=1S/C26H18N4O3/c31-20-12-4-16(5-13-20)24-25(17-6-14-21(32)15-7-17)29-26-22(2-1-3-23(26)28-24)27-18-8-10-19(30-33)11-9-18/h1-15,27,31-32H. The monoisotopic (exact) mass is 434 g/mol. The number of nitroso groups, excluding NO2 is 1. The minimum atomic E-state index is 0.161. The van der Waals surface area contributed by atoms with E-state index in [4.69, 9.17) is 9.97 Å². The first kappa shape index (κ1) is 20.1. The van der Waals surface area contributed by atoms with Crippen molar-refractivity contribution in [3.05, 3.63) is 95.9 Å². The van der Waals surface area contributed by atoms with Crippen molar-refractivity contribution in [2.75, 3.05) is 5.32 Å². The molecular formula is C26H18N4O3. The van der Waals surface area contributed by atoms with Crippen LogP contribution in [0.4, 0.5) is 17.1 Å². The second-order valence-electron chi connectivity index (χ2n) is 7.45. The van der Waals surface area contributed by atoms with Gasteiger partial charge in [0.2, 0.25) is 0 Å². The van der Waals surface area contributed by atoms with E-state index in [1.165, 1.54) is 0 Å². The third-order valence-corrected chi connectivity index (χ3v) is 5.23. The van der Waals surface area contributed by atoms with Crippen LogP contribution in [0.15, 0.2) is 96.2 Å². The summed E-state index contributed by atoms with van der Waals surface area (Å²) in [6.45, 7) is 0. The molecule has 0 unspecified atom stereocenters. The molecule has 1 heterocycles. The second-order valence-corrected chi connectivity index (χ2v) is 7.45. The molecule has 0 amide bonds. The minimum absolute atomic E-state index is 0.161. The van der Waals surface area contributed by atoms with Crippen LogP contribution < -0.4 is 5.32 Å². The number of phenols is 2. The molecule has 1 aromatic heterocycles. The molecular weight excluding hydrogens is 416 g/mol. The molecule has 0 bridgehead atoms. The van der Waals surface area contributed by atoms with Crippen molar-refractivity contribution in [3.8, 4) is 34.0 Å².